The molecule has 0 spiro atoms. The van der Waals surface area contributed by atoms with Crippen molar-refractivity contribution in [3.63, 3.8) is 0 Å². The van der Waals surface area contributed by atoms with Gasteiger partial charge in [0, 0.05) is 12.0 Å². The first kappa shape index (κ1) is 21.3. The van der Waals surface area contributed by atoms with Gasteiger partial charge < -0.3 is 9.47 Å². The number of Topliss-reactive ketones (excluding diaryl/α,β-unsaturated/α-hetero) is 1. The van der Waals surface area contributed by atoms with Gasteiger partial charge in [-0.3, -0.25) is 29.6 Å². The molecule has 0 aromatic heterocycles. The maximum absolute atomic E-state index is 12.3. The average Bonchev–Trinajstić information content (AvgIpc) is 3.12. The summed E-state index contributed by atoms with van der Waals surface area (Å²) in [4.78, 5) is 48.9. The Morgan fingerprint density at radius 2 is 1.83 bits per heavy atom. The van der Waals surface area contributed by atoms with Gasteiger partial charge in [-0.1, -0.05) is 23.7 Å². The third-order valence-corrected chi connectivity index (χ3v) is 4.90. The summed E-state index contributed by atoms with van der Waals surface area (Å²) in [6.45, 7) is -0.494. The average molecular weight is 431 g/mol. The molecule has 2 aromatic carbocycles. The third kappa shape index (κ3) is 4.96. The topological polar surface area (TPSA) is 102 Å². The van der Waals surface area contributed by atoms with Gasteiger partial charge in [0.15, 0.2) is 12.4 Å². The van der Waals surface area contributed by atoms with Crippen molar-refractivity contribution in [3.8, 4) is 5.75 Å². The summed E-state index contributed by atoms with van der Waals surface area (Å²) in [6.07, 6.45) is -0.127. The molecule has 1 aliphatic heterocycles. The number of nitrogens with zero attached hydrogens (tertiary/aromatic N) is 1. The number of hydrogen-bond donors (Lipinski definition) is 1. The number of carbonyl (C=O) groups excluding carboxylic acids is 4. The Morgan fingerprint density at radius 1 is 1.13 bits per heavy atom. The number of ether oxygens (including phenoxy) is 2. The molecule has 0 aliphatic carbocycles. The molecule has 1 heterocycles. The van der Waals surface area contributed by atoms with E-state index in [0.29, 0.717) is 11.3 Å². The van der Waals surface area contributed by atoms with Crippen LogP contribution < -0.4 is 10.2 Å². The van der Waals surface area contributed by atoms with Gasteiger partial charge in [0.2, 0.25) is 5.91 Å². The highest BCUT2D eigenvalue weighted by Gasteiger charge is 2.37. The van der Waals surface area contributed by atoms with Crippen LogP contribution in [0.4, 0.5) is 0 Å². The number of ketones is 1. The van der Waals surface area contributed by atoms with Crippen LogP contribution in [-0.4, -0.2) is 48.8 Å². The Balaban J connectivity index is 1.52. The zero-order chi connectivity index (χ0) is 21.7. The van der Waals surface area contributed by atoms with Crippen molar-refractivity contribution in [1.82, 2.24) is 10.4 Å². The van der Waals surface area contributed by atoms with E-state index < -0.39 is 30.3 Å². The number of benzene rings is 2. The molecule has 0 unspecified atom stereocenters. The Kier molecular flexibility index (Phi) is 6.68. The van der Waals surface area contributed by atoms with Crippen molar-refractivity contribution in [1.29, 1.82) is 0 Å². The molecule has 9 heteroatoms. The van der Waals surface area contributed by atoms with Crippen LogP contribution in [-0.2, 0) is 14.3 Å². The Bertz CT molecular complexity index is 976. The fraction of sp³-hybridized carbons (Fsp3) is 0.238. The fourth-order valence-corrected chi connectivity index (χ4v) is 3.14. The summed E-state index contributed by atoms with van der Waals surface area (Å²) < 4.78 is 10.1. The number of carbonyl (C=O) groups is 4. The molecule has 0 radical (unpaired) electrons. The van der Waals surface area contributed by atoms with E-state index >= 15 is 0 Å². The van der Waals surface area contributed by atoms with E-state index in [1.165, 1.54) is 13.2 Å². The van der Waals surface area contributed by atoms with E-state index in [9.17, 15) is 19.2 Å². The number of hydrazine groups is 1. The van der Waals surface area contributed by atoms with Gasteiger partial charge in [0.05, 0.1) is 30.2 Å². The van der Waals surface area contributed by atoms with Gasteiger partial charge in [0.25, 0.3) is 5.91 Å². The number of nitrogens with one attached hydrogen (secondary N) is 1. The standard InChI is InChI=1S/C21H19ClN2O6/c1-29-15-8-6-13(7-9-15)18(25)12-30-21(28)14-10-19(26)24(11-14)23-20(27)16-4-2-3-5-17(16)22/h2-9,14H,10-12H2,1H3,(H,23,27)/t14-/m1/s1. The molecular formula is C21H19ClN2O6. The fourth-order valence-electron chi connectivity index (χ4n) is 2.92. The van der Waals surface area contributed by atoms with Crippen LogP contribution in [0.25, 0.3) is 0 Å². The van der Waals surface area contributed by atoms with Crippen LogP contribution in [0.2, 0.25) is 5.02 Å². The molecule has 2 aromatic rings. The highest BCUT2D eigenvalue weighted by molar-refractivity contribution is 6.33. The van der Waals surface area contributed by atoms with Crippen molar-refractivity contribution in [2.45, 2.75) is 6.42 Å². The first-order chi connectivity index (χ1) is 14.4. The van der Waals surface area contributed by atoms with Crippen LogP contribution in [0.3, 0.4) is 0 Å². The summed E-state index contributed by atoms with van der Waals surface area (Å²) in [5.74, 6) is -2.23. The minimum Gasteiger partial charge on any atom is -0.497 e. The summed E-state index contributed by atoms with van der Waals surface area (Å²) in [5.41, 5.74) is 3.03. The maximum Gasteiger partial charge on any atom is 0.311 e. The summed E-state index contributed by atoms with van der Waals surface area (Å²) in [6, 6.07) is 12.8. The predicted octanol–water partition coefficient (Wildman–Crippen LogP) is 2.27. The van der Waals surface area contributed by atoms with Crippen molar-refractivity contribution < 1.29 is 28.7 Å². The normalized spacial score (nSPS) is 15.6. The smallest absolute Gasteiger partial charge is 0.311 e. The second kappa shape index (κ2) is 9.41. The zero-order valence-corrected chi connectivity index (χ0v) is 16.8. The monoisotopic (exact) mass is 430 g/mol. The molecule has 1 aliphatic rings. The quantitative estimate of drug-likeness (QED) is 0.534. The Hall–Kier alpha value is -3.39. The van der Waals surface area contributed by atoms with Gasteiger partial charge in [-0.15, -0.1) is 0 Å². The Morgan fingerprint density at radius 3 is 2.50 bits per heavy atom. The highest BCUT2D eigenvalue weighted by atomic mass is 35.5. The van der Waals surface area contributed by atoms with Gasteiger partial charge in [-0.2, -0.15) is 0 Å². The summed E-state index contributed by atoms with van der Waals surface area (Å²) in [7, 11) is 1.52. The number of rotatable bonds is 7. The molecule has 1 fully saturated rings. The number of methoxy groups -OCH3 is 1. The molecule has 0 saturated carbocycles. The van der Waals surface area contributed by atoms with Crippen molar-refractivity contribution in [2.24, 2.45) is 5.92 Å². The van der Waals surface area contributed by atoms with Crippen molar-refractivity contribution >= 4 is 35.2 Å². The van der Waals surface area contributed by atoms with Crippen LogP contribution in [0.15, 0.2) is 48.5 Å². The minimum atomic E-state index is -0.785. The molecule has 3 rings (SSSR count). The largest absolute Gasteiger partial charge is 0.497 e. The summed E-state index contributed by atoms with van der Waals surface area (Å²) in [5, 5.41) is 1.30. The van der Waals surface area contributed by atoms with Crippen molar-refractivity contribution in [2.75, 3.05) is 20.3 Å². The van der Waals surface area contributed by atoms with Gasteiger partial charge in [-0.05, 0) is 36.4 Å². The molecule has 0 bridgehead atoms. The highest BCUT2D eigenvalue weighted by Crippen LogP contribution is 2.20. The second-order valence-corrected chi connectivity index (χ2v) is 6.99. The van der Waals surface area contributed by atoms with Crippen molar-refractivity contribution in [3.05, 3.63) is 64.7 Å². The van der Waals surface area contributed by atoms with Gasteiger partial charge in [0.1, 0.15) is 5.75 Å². The SMILES string of the molecule is COc1ccc(C(=O)COC(=O)[C@@H]2CC(=O)N(NC(=O)c3ccccc3Cl)C2)cc1. The molecule has 1 saturated heterocycles. The van der Waals surface area contributed by atoms with E-state index in [4.69, 9.17) is 21.1 Å². The lowest BCUT2D eigenvalue weighted by atomic mass is 10.1. The number of halogens is 1. The number of esters is 1. The van der Waals surface area contributed by atoms with Crippen LogP contribution in [0.5, 0.6) is 5.75 Å². The number of amides is 2. The first-order valence-electron chi connectivity index (χ1n) is 9.09. The molecular weight excluding hydrogens is 412 g/mol. The lowest BCUT2D eigenvalue weighted by Crippen LogP contribution is -2.43. The predicted molar refractivity (Wildman–Crippen MR) is 107 cm³/mol. The lowest BCUT2D eigenvalue weighted by molar-refractivity contribution is -0.147. The molecule has 1 N–H and O–H groups in total. The lowest BCUT2D eigenvalue weighted by Gasteiger charge is -2.18. The van der Waals surface area contributed by atoms with Gasteiger partial charge >= 0.3 is 5.97 Å². The Labute approximate surface area is 177 Å². The van der Waals surface area contributed by atoms with E-state index in [1.807, 2.05) is 0 Å². The molecule has 8 nitrogen and oxygen atoms in total. The van der Waals surface area contributed by atoms with E-state index in [1.54, 1.807) is 42.5 Å². The van der Waals surface area contributed by atoms with E-state index in [0.717, 1.165) is 5.01 Å². The summed E-state index contributed by atoms with van der Waals surface area (Å²) >= 11 is 5.98. The van der Waals surface area contributed by atoms with E-state index in [-0.39, 0.29) is 29.3 Å². The van der Waals surface area contributed by atoms with Gasteiger partial charge in [-0.25, -0.2) is 0 Å². The zero-order valence-electron chi connectivity index (χ0n) is 16.1. The maximum atomic E-state index is 12.3. The first-order valence-corrected chi connectivity index (χ1v) is 9.46. The second-order valence-electron chi connectivity index (χ2n) is 6.59. The molecule has 156 valence electrons. The van der Waals surface area contributed by atoms with Crippen LogP contribution in [0, 0.1) is 5.92 Å². The van der Waals surface area contributed by atoms with E-state index in [2.05, 4.69) is 5.43 Å². The molecule has 1 atom stereocenters. The molecule has 2 amide bonds. The third-order valence-electron chi connectivity index (χ3n) is 4.57. The van der Waals surface area contributed by atoms with Crippen LogP contribution in [0.1, 0.15) is 27.1 Å². The number of hydrogen-bond acceptors (Lipinski definition) is 6. The molecule has 30 heavy (non-hydrogen) atoms. The minimum absolute atomic E-state index is 0.0510. The van der Waals surface area contributed by atoms with Crippen LogP contribution >= 0.6 is 11.6 Å².